The van der Waals surface area contributed by atoms with Crippen molar-refractivity contribution >= 4 is 17.6 Å². The van der Waals surface area contributed by atoms with E-state index in [0.29, 0.717) is 24.7 Å². The molecular formula is C11H18ClN3O2. The van der Waals surface area contributed by atoms with Crippen LogP contribution >= 0.6 is 11.6 Å². The molecule has 1 aromatic rings. The predicted molar refractivity (Wildman–Crippen MR) is 66.1 cm³/mol. The van der Waals surface area contributed by atoms with Crippen LogP contribution in [0.1, 0.15) is 19.5 Å². The summed E-state index contributed by atoms with van der Waals surface area (Å²) in [6, 6.07) is -0.393. The van der Waals surface area contributed by atoms with Crippen molar-refractivity contribution in [3.63, 3.8) is 0 Å². The van der Waals surface area contributed by atoms with Gasteiger partial charge in [-0.15, -0.1) is 0 Å². The van der Waals surface area contributed by atoms with Gasteiger partial charge in [-0.1, -0.05) is 18.5 Å². The third-order valence-corrected chi connectivity index (χ3v) is 2.65. The van der Waals surface area contributed by atoms with Gasteiger partial charge in [0.2, 0.25) is 0 Å². The van der Waals surface area contributed by atoms with E-state index in [2.05, 4.69) is 10.4 Å². The maximum Gasteiger partial charge on any atom is 0.325 e. The molecule has 0 spiro atoms. The number of likely N-dealkylation sites (N-methyl/N-ethyl adjacent to an activating group) is 1. The van der Waals surface area contributed by atoms with Gasteiger partial charge in [0.1, 0.15) is 6.04 Å². The van der Waals surface area contributed by atoms with Gasteiger partial charge in [-0.25, -0.2) is 0 Å². The lowest BCUT2D eigenvalue weighted by Crippen LogP contribution is -2.41. The summed E-state index contributed by atoms with van der Waals surface area (Å²) < 4.78 is 6.64. The largest absolute Gasteiger partial charge is 0.465 e. The lowest BCUT2D eigenvalue weighted by molar-refractivity contribution is -0.146. The van der Waals surface area contributed by atoms with E-state index in [9.17, 15) is 4.79 Å². The molecule has 0 aliphatic heterocycles. The maximum absolute atomic E-state index is 11.7. The fourth-order valence-electron chi connectivity index (χ4n) is 1.49. The average molecular weight is 260 g/mol. The van der Waals surface area contributed by atoms with E-state index in [1.54, 1.807) is 17.8 Å². The van der Waals surface area contributed by atoms with Gasteiger partial charge in [-0.3, -0.25) is 9.48 Å². The van der Waals surface area contributed by atoms with Crippen molar-refractivity contribution in [3.05, 3.63) is 16.9 Å². The Labute approximate surface area is 106 Å². The molecule has 0 bridgehead atoms. The Bertz CT molecular complexity index is 359. The molecule has 0 saturated heterocycles. The number of ether oxygens (including phenoxy) is 1. The van der Waals surface area contributed by atoms with Crippen LogP contribution in [0.5, 0.6) is 0 Å². The first-order valence-electron chi connectivity index (χ1n) is 5.68. The number of carbonyl (C=O) groups is 1. The lowest BCUT2D eigenvalue weighted by atomic mass is 10.3. The molecule has 0 saturated carbocycles. The molecule has 0 radical (unpaired) electrons. The summed E-state index contributed by atoms with van der Waals surface area (Å²) in [6.07, 6.45) is 1.71. The highest BCUT2D eigenvalue weighted by molar-refractivity contribution is 6.31. The molecule has 0 aliphatic carbocycles. The molecule has 1 N–H and O–H groups in total. The van der Waals surface area contributed by atoms with Gasteiger partial charge in [0.15, 0.2) is 0 Å². The number of hydrogen-bond acceptors (Lipinski definition) is 4. The number of esters is 1. The Morgan fingerprint density at radius 2 is 2.35 bits per heavy atom. The highest BCUT2D eigenvalue weighted by Gasteiger charge is 2.19. The highest BCUT2D eigenvalue weighted by Crippen LogP contribution is 2.12. The summed E-state index contributed by atoms with van der Waals surface area (Å²) in [5, 5.41) is 7.88. The molecule has 1 unspecified atom stereocenters. The van der Waals surface area contributed by atoms with E-state index >= 15 is 0 Å². The minimum atomic E-state index is -0.393. The number of halogens is 1. The van der Waals surface area contributed by atoms with Gasteiger partial charge < -0.3 is 10.1 Å². The van der Waals surface area contributed by atoms with Gasteiger partial charge >= 0.3 is 5.97 Å². The fraction of sp³-hybridized carbons (Fsp3) is 0.636. The van der Waals surface area contributed by atoms with E-state index in [1.165, 1.54) is 0 Å². The van der Waals surface area contributed by atoms with Gasteiger partial charge in [0, 0.05) is 6.20 Å². The Hall–Kier alpha value is -1.07. The van der Waals surface area contributed by atoms with Crippen LogP contribution in [0.3, 0.4) is 0 Å². The van der Waals surface area contributed by atoms with E-state index < -0.39 is 6.04 Å². The summed E-state index contributed by atoms with van der Waals surface area (Å²) in [7, 11) is 0. The SMILES string of the molecule is CCNC(Cn1cc(Cl)c(C)n1)C(=O)OCC. The highest BCUT2D eigenvalue weighted by atomic mass is 35.5. The summed E-state index contributed by atoms with van der Waals surface area (Å²) in [5.74, 6) is -0.265. The summed E-state index contributed by atoms with van der Waals surface area (Å²) in [5.41, 5.74) is 0.755. The zero-order valence-corrected chi connectivity index (χ0v) is 11.1. The van der Waals surface area contributed by atoms with E-state index in [4.69, 9.17) is 16.3 Å². The van der Waals surface area contributed by atoms with Gasteiger partial charge in [0.05, 0.1) is 23.9 Å². The van der Waals surface area contributed by atoms with E-state index in [0.717, 1.165) is 5.69 Å². The molecule has 6 heteroatoms. The van der Waals surface area contributed by atoms with Crippen LogP contribution < -0.4 is 5.32 Å². The molecule has 96 valence electrons. The second kappa shape index (κ2) is 6.61. The number of nitrogens with zero attached hydrogens (tertiary/aromatic N) is 2. The monoisotopic (exact) mass is 259 g/mol. The second-order valence-electron chi connectivity index (χ2n) is 3.65. The smallest absolute Gasteiger partial charge is 0.325 e. The number of rotatable bonds is 6. The molecule has 0 fully saturated rings. The molecule has 5 nitrogen and oxygen atoms in total. The molecule has 1 heterocycles. The molecule has 17 heavy (non-hydrogen) atoms. The van der Waals surface area contributed by atoms with Gasteiger partial charge in [-0.05, 0) is 20.4 Å². The van der Waals surface area contributed by atoms with Crippen LogP contribution in [-0.4, -0.2) is 34.9 Å². The topological polar surface area (TPSA) is 56.2 Å². The standard InChI is InChI=1S/C11H18ClN3O2/c1-4-13-10(11(16)17-5-2)7-15-6-9(12)8(3)14-15/h6,10,13H,4-5,7H2,1-3H3. The number of aryl methyl sites for hydroxylation is 1. The van der Waals surface area contributed by atoms with Gasteiger partial charge in [0.25, 0.3) is 0 Å². The first kappa shape index (κ1) is 14.0. The number of carbonyl (C=O) groups excluding carboxylic acids is 1. The number of aromatic nitrogens is 2. The quantitative estimate of drug-likeness (QED) is 0.785. The van der Waals surface area contributed by atoms with Crippen LogP contribution in [0, 0.1) is 6.92 Å². The van der Waals surface area contributed by atoms with Crippen molar-refractivity contribution < 1.29 is 9.53 Å². The molecule has 1 atom stereocenters. The lowest BCUT2D eigenvalue weighted by Gasteiger charge is -2.16. The minimum Gasteiger partial charge on any atom is -0.465 e. The fourth-order valence-corrected chi connectivity index (χ4v) is 1.64. The molecule has 0 aliphatic rings. The molecule has 1 rings (SSSR count). The third kappa shape index (κ3) is 4.02. The number of nitrogens with one attached hydrogen (secondary N) is 1. The third-order valence-electron chi connectivity index (χ3n) is 2.28. The first-order valence-corrected chi connectivity index (χ1v) is 6.05. The minimum absolute atomic E-state index is 0.265. The van der Waals surface area contributed by atoms with Crippen molar-refractivity contribution in [2.45, 2.75) is 33.4 Å². The zero-order valence-electron chi connectivity index (χ0n) is 10.4. The summed E-state index contributed by atoms with van der Waals surface area (Å²) in [4.78, 5) is 11.7. The van der Waals surface area contributed by atoms with Crippen LogP contribution in [0.25, 0.3) is 0 Å². The Morgan fingerprint density at radius 1 is 1.65 bits per heavy atom. The first-order chi connectivity index (χ1) is 8.08. The van der Waals surface area contributed by atoms with Crippen LogP contribution in [0.15, 0.2) is 6.20 Å². The molecule has 0 aromatic carbocycles. The van der Waals surface area contributed by atoms with Crippen LogP contribution in [-0.2, 0) is 16.1 Å². The Kier molecular flexibility index (Phi) is 5.44. The number of hydrogen-bond donors (Lipinski definition) is 1. The molecule has 0 amide bonds. The van der Waals surface area contributed by atoms with Crippen molar-refractivity contribution in [2.75, 3.05) is 13.2 Å². The normalized spacial score (nSPS) is 12.5. The average Bonchev–Trinajstić information content (AvgIpc) is 2.58. The summed E-state index contributed by atoms with van der Waals surface area (Å²) in [6.45, 7) is 7.03. The molecule has 1 aromatic heterocycles. The van der Waals surface area contributed by atoms with Crippen LogP contribution in [0.4, 0.5) is 0 Å². The predicted octanol–water partition coefficient (Wildman–Crippen LogP) is 1.39. The van der Waals surface area contributed by atoms with Crippen molar-refractivity contribution in [3.8, 4) is 0 Å². The van der Waals surface area contributed by atoms with E-state index in [-0.39, 0.29) is 5.97 Å². The van der Waals surface area contributed by atoms with Crippen molar-refractivity contribution in [1.29, 1.82) is 0 Å². The second-order valence-corrected chi connectivity index (χ2v) is 4.05. The maximum atomic E-state index is 11.7. The zero-order chi connectivity index (χ0) is 12.8. The van der Waals surface area contributed by atoms with Crippen LogP contribution in [0.2, 0.25) is 5.02 Å². The van der Waals surface area contributed by atoms with Crippen molar-refractivity contribution in [2.24, 2.45) is 0 Å². The Balaban J connectivity index is 2.68. The van der Waals surface area contributed by atoms with Crippen molar-refractivity contribution in [1.82, 2.24) is 15.1 Å². The summed E-state index contributed by atoms with van der Waals surface area (Å²) >= 11 is 5.91. The van der Waals surface area contributed by atoms with E-state index in [1.807, 2.05) is 13.8 Å². The molecular weight excluding hydrogens is 242 g/mol. The van der Waals surface area contributed by atoms with Gasteiger partial charge in [-0.2, -0.15) is 5.10 Å². The Morgan fingerprint density at radius 3 is 2.82 bits per heavy atom.